The lowest BCUT2D eigenvalue weighted by atomic mass is 9.99. The molecular weight excluding hydrogens is 362 g/mol. The van der Waals surface area contributed by atoms with Crippen LogP contribution < -0.4 is 10.6 Å². The number of aromatic hydroxyl groups is 1. The first-order chi connectivity index (χ1) is 12.9. The summed E-state index contributed by atoms with van der Waals surface area (Å²) in [6.45, 7) is 1.82. The second-order valence-electron chi connectivity index (χ2n) is 6.98. The molecule has 1 fully saturated rings. The van der Waals surface area contributed by atoms with Gasteiger partial charge in [0, 0.05) is 33.3 Å². The topological polar surface area (TPSA) is 95.6 Å². The van der Waals surface area contributed by atoms with E-state index < -0.39 is 0 Å². The number of nitrogens with two attached hydrogens (primary N) is 1. The van der Waals surface area contributed by atoms with Crippen molar-refractivity contribution in [2.24, 2.45) is 5.92 Å². The average molecular weight is 388 g/mol. The van der Waals surface area contributed by atoms with Crippen molar-refractivity contribution in [3.63, 3.8) is 0 Å². The van der Waals surface area contributed by atoms with Crippen LogP contribution in [0.4, 0.5) is 11.6 Å². The summed E-state index contributed by atoms with van der Waals surface area (Å²) in [6, 6.07) is 9.19. The molecule has 3 N–H and O–H groups in total. The number of hydrogen-bond acceptors (Lipinski definition) is 7. The Morgan fingerprint density at radius 1 is 1.33 bits per heavy atom. The van der Waals surface area contributed by atoms with Crippen LogP contribution in [0.2, 0.25) is 0 Å². The molecule has 1 aromatic heterocycles. The smallest absolute Gasteiger partial charge is 0.232 e. The lowest BCUT2D eigenvalue weighted by Gasteiger charge is -2.18. The van der Waals surface area contributed by atoms with Gasteiger partial charge in [-0.05, 0) is 36.5 Å². The van der Waals surface area contributed by atoms with Crippen LogP contribution in [0.1, 0.15) is 12.0 Å². The summed E-state index contributed by atoms with van der Waals surface area (Å²) in [5.74, 6) is 2.36. The Morgan fingerprint density at radius 3 is 2.78 bits per heavy atom. The van der Waals surface area contributed by atoms with E-state index in [9.17, 15) is 9.90 Å². The Morgan fingerprint density at radius 2 is 2.07 bits per heavy atom. The number of anilines is 2. The molecule has 0 radical (unpaired) electrons. The zero-order chi connectivity index (χ0) is 19.4. The van der Waals surface area contributed by atoms with E-state index in [2.05, 4.69) is 14.9 Å². The Balaban J connectivity index is 1.62. The molecule has 1 aliphatic heterocycles. The fourth-order valence-corrected chi connectivity index (χ4v) is 3.92. The van der Waals surface area contributed by atoms with Crippen LogP contribution in [0.25, 0.3) is 0 Å². The van der Waals surface area contributed by atoms with E-state index >= 15 is 0 Å². The third-order valence-corrected chi connectivity index (χ3v) is 5.44. The SMILES string of the molecule is CN(C)C(=O)CSc1nc(N)cc(N2CCC(Cc3ccc(O)cc3)C2)n1. The Bertz CT molecular complexity index is 797. The zero-order valence-corrected chi connectivity index (χ0v) is 16.4. The van der Waals surface area contributed by atoms with Crippen molar-refractivity contribution in [1.82, 2.24) is 14.9 Å². The number of phenols is 1. The third kappa shape index (κ3) is 5.26. The molecule has 1 unspecified atom stereocenters. The summed E-state index contributed by atoms with van der Waals surface area (Å²) in [5.41, 5.74) is 7.18. The van der Waals surface area contributed by atoms with Crippen molar-refractivity contribution in [2.75, 3.05) is 43.6 Å². The van der Waals surface area contributed by atoms with Gasteiger partial charge in [-0.1, -0.05) is 23.9 Å². The summed E-state index contributed by atoms with van der Waals surface area (Å²) < 4.78 is 0. The standard InChI is InChI=1S/C19H25N5O2S/c1-23(2)18(26)12-27-19-21-16(20)10-17(22-19)24-8-7-14(11-24)9-13-3-5-15(25)6-4-13/h3-6,10,14,25H,7-9,11-12H2,1-2H3,(H2,20,21,22). The molecule has 0 bridgehead atoms. The molecule has 1 atom stereocenters. The van der Waals surface area contributed by atoms with Gasteiger partial charge in [-0.15, -0.1) is 0 Å². The lowest BCUT2D eigenvalue weighted by Crippen LogP contribution is -2.24. The van der Waals surface area contributed by atoms with Gasteiger partial charge in [-0.25, -0.2) is 9.97 Å². The van der Waals surface area contributed by atoms with Crippen molar-refractivity contribution in [2.45, 2.75) is 18.0 Å². The lowest BCUT2D eigenvalue weighted by molar-refractivity contribution is -0.125. The maximum Gasteiger partial charge on any atom is 0.232 e. The number of rotatable bonds is 6. The molecule has 27 heavy (non-hydrogen) atoms. The van der Waals surface area contributed by atoms with E-state index in [-0.39, 0.29) is 5.91 Å². The molecule has 2 aromatic rings. The van der Waals surface area contributed by atoms with Gasteiger partial charge in [0.1, 0.15) is 17.4 Å². The summed E-state index contributed by atoms with van der Waals surface area (Å²) in [7, 11) is 3.46. The number of nitrogen functional groups attached to an aromatic ring is 1. The van der Waals surface area contributed by atoms with Crippen LogP contribution in [0, 0.1) is 5.92 Å². The van der Waals surface area contributed by atoms with Crippen molar-refractivity contribution >= 4 is 29.3 Å². The molecule has 0 spiro atoms. The zero-order valence-electron chi connectivity index (χ0n) is 15.6. The highest BCUT2D eigenvalue weighted by molar-refractivity contribution is 7.99. The molecule has 1 aromatic carbocycles. The van der Waals surface area contributed by atoms with E-state index in [1.54, 1.807) is 37.2 Å². The highest BCUT2D eigenvalue weighted by atomic mass is 32.2. The van der Waals surface area contributed by atoms with Gasteiger partial charge in [-0.3, -0.25) is 4.79 Å². The van der Waals surface area contributed by atoms with Crippen molar-refractivity contribution in [3.05, 3.63) is 35.9 Å². The Hall–Kier alpha value is -2.48. The number of aromatic nitrogens is 2. The molecule has 7 nitrogen and oxygen atoms in total. The molecule has 8 heteroatoms. The fourth-order valence-electron chi connectivity index (χ4n) is 3.08. The molecule has 1 amide bonds. The van der Waals surface area contributed by atoms with Gasteiger partial charge in [-0.2, -0.15) is 0 Å². The molecule has 2 heterocycles. The van der Waals surface area contributed by atoms with Crippen LogP contribution >= 0.6 is 11.8 Å². The normalized spacial score (nSPS) is 16.5. The number of nitrogens with zero attached hydrogens (tertiary/aromatic N) is 4. The minimum atomic E-state index is 0.0164. The van der Waals surface area contributed by atoms with Gasteiger partial charge in [0.05, 0.1) is 5.75 Å². The minimum absolute atomic E-state index is 0.0164. The van der Waals surface area contributed by atoms with Crippen LogP contribution in [0.5, 0.6) is 5.75 Å². The largest absolute Gasteiger partial charge is 0.508 e. The van der Waals surface area contributed by atoms with Crippen molar-refractivity contribution < 1.29 is 9.90 Å². The van der Waals surface area contributed by atoms with Crippen molar-refractivity contribution in [1.29, 1.82) is 0 Å². The number of amides is 1. The maximum absolute atomic E-state index is 11.8. The van der Waals surface area contributed by atoms with E-state index in [1.165, 1.54) is 17.3 Å². The predicted molar refractivity (Wildman–Crippen MR) is 108 cm³/mol. The maximum atomic E-state index is 11.8. The monoisotopic (exact) mass is 387 g/mol. The molecule has 3 rings (SSSR count). The van der Waals surface area contributed by atoms with Gasteiger partial charge < -0.3 is 20.6 Å². The van der Waals surface area contributed by atoms with Crippen LogP contribution in [-0.4, -0.2) is 58.8 Å². The van der Waals surface area contributed by atoms with Crippen LogP contribution in [0.3, 0.4) is 0 Å². The first kappa shape index (κ1) is 19.3. The number of hydrogen-bond donors (Lipinski definition) is 2. The molecule has 0 aliphatic carbocycles. The number of thioether (sulfide) groups is 1. The first-order valence-corrected chi connectivity index (χ1v) is 9.89. The van der Waals surface area contributed by atoms with E-state index in [1.807, 2.05) is 12.1 Å². The second-order valence-corrected chi connectivity index (χ2v) is 7.92. The van der Waals surface area contributed by atoms with Gasteiger partial charge in [0.25, 0.3) is 0 Å². The van der Waals surface area contributed by atoms with Gasteiger partial charge in [0.2, 0.25) is 5.91 Å². The number of benzene rings is 1. The Kier molecular flexibility index (Phi) is 6.05. The summed E-state index contributed by atoms with van der Waals surface area (Å²) in [5, 5.41) is 9.94. The van der Waals surface area contributed by atoms with E-state index in [4.69, 9.17) is 5.73 Å². The predicted octanol–water partition coefficient (Wildman–Crippen LogP) is 2.01. The number of carbonyl (C=O) groups is 1. The summed E-state index contributed by atoms with van der Waals surface area (Å²) >= 11 is 1.30. The molecule has 1 saturated heterocycles. The molecule has 1 aliphatic rings. The van der Waals surface area contributed by atoms with Crippen LogP contribution in [0.15, 0.2) is 35.5 Å². The summed E-state index contributed by atoms with van der Waals surface area (Å²) in [4.78, 5) is 24.4. The summed E-state index contributed by atoms with van der Waals surface area (Å²) in [6.07, 6.45) is 2.04. The quantitative estimate of drug-likeness (QED) is 0.578. The average Bonchev–Trinajstić information content (AvgIpc) is 3.09. The van der Waals surface area contributed by atoms with Crippen molar-refractivity contribution in [3.8, 4) is 5.75 Å². The minimum Gasteiger partial charge on any atom is -0.508 e. The third-order valence-electron chi connectivity index (χ3n) is 4.61. The second kappa shape index (κ2) is 8.47. The van der Waals surface area contributed by atoms with Gasteiger partial charge >= 0.3 is 0 Å². The highest BCUT2D eigenvalue weighted by Gasteiger charge is 2.24. The van der Waals surface area contributed by atoms with Gasteiger partial charge in [0.15, 0.2) is 5.16 Å². The Labute approximate surface area is 163 Å². The fraction of sp³-hybridized carbons (Fsp3) is 0.421. The molecule has 144 valence electrons. The molecule has 0 saturated carbocycles. The first-order valence-electron chi connectivity index (χ1n) is 8.91. The number of phenolic OH excluding ortho intramolecular Hbond substituents is 1. The van der Waals surface area contributed by atoms with E-state index in [0.29, 0.717) is 28.4 Å². The van der Waals surface area contributed by atoms with E-state index in [0.717, 1.165) is 31.7 Å². The molecular formula is C19H25N5O2S. The number of carbonyl (C=O) groups excluding carboxylic acids is 1. The van der Waals surface area contributed by atoms with Crippen LogP contribution in [-0.2, 0) is 11.2 Å². The highest BCUT2D eigenvalue weighted by Crippen LogP contribution is 2.28.